The Bertz CT molecular complexity index is 354. The SMILES string of the molecule is CCC(CC)C(C)n1cncc1C1CNCCO1. The number of nitrogens with one attached hydrogen (secondary N) is 1. The van der Waals surface area contributed by atoms with Gasteiger partial charge in [-0.2, -0.15) is 0 Å². The smallest absolute Gasteiger partial charge is 0.111 e. The standard InChI is InChI=1S/C14H25N3O/c1-4-12(5-2)11(3)17-10-16-8-13(17)14-9-15-6-7-18-14/h8,10-12,14-15H,4-7,9H2,1-3H3. The highest BCUT2D eigenvalue weighted by atomic mass is 16.5. The van der Waals surface area contributed by atoms with Crippen LogP contribution in [0.2, 0.25) is 0 Å². The summed E-state index contributed by atoms with van der Waals surface area (Å²) >= 11 is 0. The Balaban J connectivity index is 2.15. The zero-order valence-corrected chi connectivity index (χ0v) is 11.7. The molecule has 0 saturated carbocycles. The van der Waals surface area contributed by atoms with Crippen molar-refractivity contribution in [1.29, 1.82) is 0 Å². The number of ether oxygens (including phenoxy) is 1. The molecule has 18 heavy (non-hydrogen) atoms. The molecule has 1 aliphatic rings. The van der Waals surface area contributed by atoms with Gasteiger partial charge in [-0.25, -0.2) is 4.98 Å². The Morgan fingerprint density at radius 2 is 2.28 bits per heavy atom. The number of hydrogen-bond acceptors (Lipinski definition) is 3. The lowest BCUT2D eigenvalue weighted by Crippen LogP contribution is -2.34. The summed E-state index contributed by atoms with van der Waals surface area (Å²) < 4.78 is 8.14. The van der Waals surface area contributed by atoms with Gasteiger partial charge in [0.05, 0.1) is 24.8 Å². The van der Waals surface area contributed by atoms with E-state index in [0.717, 1.165) is 19.7 Å². The Labute approximate surface area is 110 Å². The Morgan fingerprint density at radius 3 is 2.89 bits per heavy atom. The first-order valence-electron chi connectivity index (χ1n) is 7.11. The van der Waals surface area contributed by atoms with Gasteiger partial charge in [0, 0.05) is 19.1 Å². The van der Waals surface area contributed by atoms with Gasteiger partial charge in [0.15, 0.2) is 0 Å². The van der Waals surface area contributed by atoms with Gasteiger partial charge < -0.3 is 14.6 Å². The average molecular weight is 251 g/mol. The van der Waals surface area contributed by atoms with Crippen molar-refractivity contribution in [3.05, 3.63) is 18.2 Å². The number of morpholine rings is 1. The monoisotopic (exact) mass is 251 g/mol. The van der Waals surface area contributed by atoms with E-state index in [1.165, 1.54) is 18.5 Å². The summed E-state index contributed by atoms with van der Waals surface area (Å²) in [5.41, 5.74) is 1.21. The van der Waals surface area contributed by atoms with Gasteiger partial charge >= 0.3 is 0 Å². The van der Waals surface area contributed by atoms with E-state index in [9.17, 15) is 0 Å². The molecule has 1 N–H and O–H groups in total. The summed E-state index contributed by atoms with van der Waals surface area (Å²) in [6.07, 6.45) is 6.48. The molecule has 4 heteroatoms. The van der Waals surface area contributed by atoms with Crippen molar-refractivity contribution in [2.24, 2.45) is 5.92 Å². The molecule has 1 aliphatic heterocycles. The Kier molecular flexibility index (Phi) is 4.78. The van der Waals surface area contributed by atoms with Crippen molar-refractivity contribution in [3.63, 3.8) is 0 Å². The van der Waals surface area contributed by atoms with Crippen LogP contribution in [0.5, 0.6) is 0 Å². The molecule has 1 aromatic heterocycles. The minimum atomic E-state index is 0.151. The van der Waals surface area contributed by atoms with Gasteiger partial charge in [-0.05, 0) is 12.8 Å². The fourth-order valence-corrected chi connectivity index (χ4v) is 2.86. The van der Waals surface area contributed by atoms with E-state index in [-0.39, 0.29) is 6.10 Å². The normalized spacial score (nSPS) is 22.3. The molecule has 0 amide bonds. The fourth-order valence-electron chi connectivity index (χ4n) is 2.86. The molecule has 2 atom stereocenters. The van der Waals surface area contributed by atoms with Crippen molar-refractivity contribution < 1.29 is 4.74 Å². The van der Waals surface area contributed by atoms with Crippen molar-refractivity contribution >= 4 is 0 Å². The van der Waals surface area contributed by atoms with Crippen LogP contribution < -0.4 is 5.32 Å². The van der Waals surface area contributed by atoms with Crippen LogP contribution in [-0.2, 0) is 4.74 Å². The maximum atomic E-state index is 5.84. The molecule has 2 unspecified atom stereocenters. The number of nitrogens with zero attached hydrogens (tertiary/aromatic N) is 2. The van der Waals surface area contributed by atoms with Gasteiger partial charge in [-0.15, -0.1) is 0 Å². The summed E-state index contributed by atoms with van der Waals surface area (Å²) in [5, 5.41) is 3.38. The molecule has 0 radical (unpaired) electrons. The van der Waals surface area contributed by atoms with Crippen molar-refractivity contribution in [2.45, 2.75) is 45.8 Å². The second kappa shape index (κ2) is 6.34. The lowest BCUT2D eigenvalue weighted by atomic mass is 9.95. The van der Waals surface area contributed by atoms with E-state index < -0.39 is 0 Å². The average Bonchev–Trinajstić information content (AvgIpc) is 2.90. The van der Waals surface area contributed by atoms with Crippen LogP contribution in [0.3, 0.4) is 0 Å². The third-order valence-electron chi connectivity index (χ3n) is 4.12. The molecule has 4 nitrogen and oxygen atoms in total. The first-order chi connectivity index (χ1) is 8.77. The number of hydrogen-bond donors (Lipinski definition) is 1. The molecule has 0 spiro atoms. The topological polar surface area (TPSA) is 39.1 Å². The van der Waals surface area contributed by atoms with E-state index in [0.29, 0.717) is 12.0 Å². The largest absolute Gasteiger partial charge is 0.369 e. The predicted molar refractivity (Wildman–Crippen MR) is 72.6 cm³/mol. The summed E-state index contributed by atoms with van der Waals surface area (Å²) in [4.78, 5) is 4.32. The molecular formula is C14H25N3O. The number of aromatic nitrogens is 2. The minimum absolute atomic E-state index is 0.151. The van der Waals surface area contributed by atoms with Crippen molar-refractivity contribution in [2.75, 3.05) is 19.7 Å². The van der Waals surface area contributed by atoms with E-state index in [1.807, 2.05) is 12.5 Å². The third-order valence-corrected chi connectivity index (χ3v) is 4.12. The molecule has 1 saturated heterocycles. The van der Waals surface area contributed by atoms with Crippen LogP contribution in [0.15, 0.2) is 12.5 Å². The second-order valence-electron chi connectivity index (χ2n) is 5.11. The zero-order valence-electron chi connectivity index (χ0n) is 11.7. The fraction of sp³-hybridized carbons (Fsp3) is 0.786. The maximum absolute atomic E-state index is 5.84. The molecule has 2 rings (SSSR count). The summed E-state index contributed by atoms with van der Waals surface area (Å²) in [6, 6.07) is 0.489. The lowest BCUT2D eigenvalue weighted by Gasteiger charge is -2.29. The number of imidazole rings is 1. The van der Waals surface area contributed by atoms with Gasteiger partial charge in [0.2, 0.25) is 0 Å². The molecular weight excluding hydrogens is 226 g/mol. The van der Waals surface area contributed by atoms with Crippen LogP contribution >= 0.6 is 0 Å². The van der Waals surface area contributed by atoms with E-state index in [2.05, 4.69) is 35.6 Å². The Morgan fingerprint density at radius 1 is 1.50 bits per heavy atom. The molecule has 2 heterocycles. The quantitative estimate of drug-likeness (QED) is 0.874. The van der Waals surface area contributed by atoms with Crippen LogP contribution in [0.1, 0.15) is 51.5 Å². The van der Waals surface area contributed by atoms with Crippen LogP contribution in [-0.4, -0.2) is 29.2 Å². The lowest BCUT2D eigenvalue weighted by molar-refractivity contribution is 0.0213. The molecule has 0 aromatic carbocycles. The summed E-state index contributed by atoms with van der Waals surface area (Å²) in [5.74, 6) is 0.703. The third kappa shape index (κ3) is 2.75. The highest BCUT2D eigenvalue weighted by molar-refractivity contribution is 5.06. The minimum Gasteiger partial charge on any atom is -0.369 e. The van der Waals surface area contributed by atoms with Crippen LogP contribution in [0, 0.1) is 5.92 Å². The highest BCUT2D eigenvalue weighted by Gasteiger charge is 2.24. The zero-order chi connectivity index (χ0) is 13.0. The molecule has 102 valence electrons. The van der Waals surface area contributed by atoms with Crippen LogP contribution in [0.4, 0.5) is 0 Å². The van der Waals surface area contributed by atoms with E-state index >= 15 is 0 Å². The van der Waals surface area contributed by atoms with Crippen molar-refractivity contribution in [3.8, 4) is 0 Å². The first-order valence-corrected chi connectivity index (χ1v) is 7.11. The second-order valence-corrected chi connectivity index (χ2v) is 5.11. The van der Waals surface area contributed by atoms with Gasteiger partial charge in [0.1, 0.15) is 6.10 Å². The van der Waals surface area contributed by atoms with Gasteiger partial charge in [-0.3, -0.25) is 0 Å². The molecule has 1 fully saturated rings. The van der Waals surface area contributed by atoms with Crippen molar-refractivity contribution in [1.82, 2.24) is 14.9 Å². The summed E-state index contributed by atoms with van der Waals surface area (Å²) in [7, 11) is 0. The van der Waals surface area contributed by atoms with Crippen LogP contribution in [0.25, 0.3) is 0 Å². The van der Waals surface area contributed by atoms with E-state index in [1.54, 1.807) is 0 Å². The Hall–Kier alpha value is -0.870. The molecule has 0 aliphatic carbocycles. The first kappa shape index (κ1) is 13.6. The predicted octanol–water partition coefficient (Wildman–Crippen LogP) is 2.54. The maximum Gasteiger partial charge on any atom is 0.111 e. The number of rotatable bonds is 5. The summed E-state index contributed by atoms with van der Waals surface area (Å²) in [6.45, 7) is 9.45. The highest BCUT2D eigenvalue weighted by Crippen LogP contribution is 2.28. The van der Waals surface area contributed by atoms with Gasteiger partial charge in [-0.1, -0.05) is 26.7 Å². The molecule has 1 aromatic rings. The molecule has 0 bridgehead atoms. The van der Waals surface area contributed by atoms with E-state index in [4.69, 9.17) is 4.74 Å². The van der Waals surface area contributed by atoms with Gasteiger partial charge in [0.25, 0.3) is 0 Å².